The van der Waals surface area contributed by atoms with Crippen LogP contribution in [0.4, 0.5) is 0 Å². The van der Waals surface area contributed by atoms with Crippen LogP contribution in [0.1, 0.15) is 47.0 Å². The molecule has 0 heterocycles. The Kier molecular flexibility index (Phi) is 3.90. The molecule has 0 aliphatic heterocycles. The van der Waals surface area contributed by atoms with Crippen LogP contribution in [-0.2, 0) is 4.79 Å². The number of unbranched alkanes of at least 4 members (excludes halogenated alkanes) is 1. The van der Waals surface area contributed by atoms with Gasteiger partial charge in [-0.2, -0.15) is 0 Å². The van der Waals surface area contributed by atoms with Crippen LogP contribution in [0.5, 0.6) is 0 Å². The Labute approximate surface area is 93.3 Å². The van der Waals surface area contributed by atoms with Crippen molar-refractivity contribution in [3.63, 3.8) is 0 Å². The maximum absolute atomic E-state index is 11.7. The molecular formula is C14H22O. The largest absolute Gasteiger partial charge is 0.290 e. The normalized spacial score (nSPS) is 24.1. The summed E-state index contributed by atoms with van der Waals surface area (Å²) in [6, 6.07) is 0. The lowest BCUT2D eigenvalue weighted by Gasteiger charge is -2.17. The van der Waals surface area contributed by atoms with Crippen LogP contribution in [-0.4, -0.2) is 5.78 Å². The van der Waals surface area contributed by atoms with Crippen molar-refractivity contribution in [1.82, 2.24) is 0 Å². The van der Waals surface area contributed by atoms with Crippen molar-refractivity contribution in [3.8, 4) is 0 Å². The lowest BCUT2D eigenvalue weighted by molar-refractivity contribution is -0.111. The second-order valence-electron chi connectivity index (χ2n) is 5.44. The van der Waals surface area contributed by atoms with Crippen LogP contribution in [0.25, 0.3) is 0 Å². The SMILES string of the molecule is CCCCC1C=CC(=O)/C1=C/C(C)(C)C. The number of ketones is 1. The average molecular weight is 206 g/mol. The highest BCUT2D eigenvalue weighted by Crippen LogP contribution is 2.30. The number of carbonyl (C=O) groups excluding carboxylic acids is 1. The van der Waals surface area contributed by atoms with Crippen LogP contribution < -0.4 is 0 Å². The second-order valence-corrected chi connectivity index (χ2v) is 5.44. The molecule has 0 aromatic heterocycles. The Balaban J connectivity index is 2.76. The van der Waals surface area contributed by atoms with Crippen LogP contribution in [0.3, 0.4) is 0 Å². The molecule has 0 aromatic rings. The summed E-state index contributed by atoms with van der Waals surface area (Å²) in [5, 5.41) is 0. The summed E-state index contributed by atoms with van der Waals surface area (Å²) in [6.45, 7) is 8.61. The molecule has 1 unspecified atom stereocenters. The molecule has 0 amide bonds. The minimum atomic E-state index is 0.0987. The number of hydrogen-bond donors (Lipinski definition) is 0. The Morgan fingerprint density at radius 3 is 2.60 bits per heavy atom. The van der Waals surface area contributed by atoms with Crippen molar-refractivity contribution in [2.75, 3.05) is 0 Å². The molecule has 1 nitrogen and oxygen atoms in total. The summed E-state index contributed by atoms with van der Waals surface area (Å²) < 4.78 is 0. The smallest absolute Gasteiger partial charge is 0.181 e. The first-order chi connectivity index (χ1) is 6.94. The lowest BCUT2D eigenvalue weighted by atomic mass is 9.87. The Morgan fingerprint density at radius 2 is 2.07 bits per heavy atom. The van der Waals surface area contributed by atoms with Gasteiger partial charge in [0.2, 0.25) is 0 Å². The zero-order chi connectivity index (χ0) is 11.5. The first-order valence-corrected chi connectivity index (χ1v) is 5.89. The lowest BCUT2D eigenvalue weighted by Crippen LogP contribution is -2.09. The fourth-order valence-electron chi connectivity index (χ4n) is 1.91. The monoisotopic (exact) mass is 206 g/mol. The Morgan fingerprint density at radius 1 is 1.40 bits per heavy atom. The molecule has 1 rings (SSSR count). The van der Waals surface area contributed by atoms with Gasteiger partial charge in [0.05, 0.1) is 0 Å². The van der Waals surface area contributed by atoms with Crippen molar-refractivity contribution in [2.24, 2.45) is 11.3 Å². The number of rotatable bonds is 3. The third-order valence-corrected chi connectivity index (χ3v) is 2.62. The number of allylic oxidation sites excluding steroid dienone is 4. The van der Waals surface area contributed by atoms with E-state index in [0.717, 1.165) is 12.0 Å². The molecule has 0 fully saturated rings. The molecule has 0 spiro atoms. The maximum atomic E-state index is 11.7. The summed E-state index contributed by atoms with van der Waals surface area (Å²) in [4.78, 5) is 11.7. The average Bonchev–Trinajstić information content (AvgIpc) is 2.43. The van der Waals surface area contributed by atoms with Gasteiger partial charge in [0.15, 0.2) is 5.78 Å². The summed E-state index contributed by atoms with van der Waals surface area (Å²) >= 11 is 0. The molecule has 1 aliphatic carbocycles. The second kappa shape index (κ2) is 4.78. The van der Waals surface area contributed by atoms with E-state index in [-0.39, 0.29) is 11.2 Å². The molecule has 0 N–H and O–H groups in total. The third kappa shape index (κ3) is 3.65. The van der Waals surface area contributed by atoms with Gasteiger partial charge in [-0.1, -0.05) is 52.7 Å². The van der Waals surface area contributed by atoms with E-state index in [1.165, 1.54) is 12.8 Å². The van der Waals surface area contributed by atoms with Gasteiger partial charge in [-0.25, -0.2) is 0 Å². The molecule has 0 saturated heterocycles. The van der Waals surface area contributed by atoms with Crippen LogP contribution in [0, 0.1) is 11.3 Å². The molecule has 0 radical (unpaired) electrons. The van der Waals surface area contributed by atoms with Crippen molar-refractivity contribution < 1.29 is 4.79 Å². The number of carbonyl (C=O) groups is 1. The van der Waals surface area contributed by atoms with Gasteiger partial charge in [-0.15, -0.1) is 0 Å². The van der Waals surface area contributed by atoms with Gasteiger partial charge in [0.1, 0.15) is 0 Å². The van der Waals surface area contributed by atoms with Gasteiger partial charge in [0.25, 0.3) is 0 Å². The van der Waals surface area contributed by atoms with E-state index >= 15 is 0 Å². The summed E-state index contributed by atoms with van der Waals surface area (Å²) in [7, 11) is 0. The summed E-state index contributed by atoms with van der Waals surface area (Å²) in [5.74, 6) is 0.586. The van der Waals surface area contributed by atoms with Gasteiger partial charge < -0.3 is 0 Å². The summed E-state index contributed by atoms with van der Waals surface area (Å²) in [5.41, 5.74) is 1.11. The molecule has 0 bridgehead atoms. The molecular weight excluding hydrogens is 184 g/mol. The van der Waals surface area contributed by atoms with Crippen molar-refractivity contribution in [3.05, 3.63) is 23.8 Å². The van der Waals surface area contributed by atoms with Gasteiger partial charge in [-0.05, 0) is 17.9 Å². The van der Waals surface area contributed by atoms with Crippen LogP contribution in [0.2, 0.25) is 0 Å². The van der Waals surface area contributed by atoms with E-state index < -0.39 is 0 Å². The zero-order valence-electron chi connectivity index (χ0n) is 10.3. The highest BCUT2D eigenvalue weighted by molar-refractivity contribution is 6.07. The molecule has 1 aliphatic rings. The predicted octanol–water partition coefficient (Wildman–Crippen LogP) is 3.90. The predicted molar refractivity (Wildman–Crippen MR) is 64.7 cm³/mol. The Hall–Kier alpha value is -0.850. The zero-order valence-corrected chi connectivity index (χ0v) is 10.3. The quantitative estimate of drug-likeness (QED) is 0.640. The molecule has 1 heteroatoms. The van der Waals surface area contributed by atoms with E-state index in [0.29, 0.717) is 5.92 Å². The fraction of sp³-hybridized carbons (Fsp3) is 0.643. The van der Waals surface area contributed by atoms with Crippen molar-refractivity contribution in [2.45, 2.75) is 47.0 Å². The Bertz CT molecular complexity index is 289. The van der Waals surface area contributed by atoms with Crippen LogP contribution >= 0.6 is 0 Å². The van der Waals surface area contributed by atoms with Gasteiger partial charge >= 0.3 is 0 Å². The van der Waals surface area contributed by atoms with E-state index in [2.05, 4.69) is 39.8 Å². The molecule has 84 valence electrons. The molecule has 1 atom stereocenters. The maximum Gasteiger partial charge on any atom is 0.181 e. The third-order valence-electron chi connectivity index (χ3n) is 2.62. The first-order valence-electron chi connectivity index (χ1n) is 5.89. The molecule has 0 saturated carbocycles. The standard InChI is InChI=1S/C14H22O/c1-5-6-7-11-8-9-13(15)12(11)10-14(2,3)4/h8-11H,5-7H2,1-4H3/b12-10+. The van der Waals surface area contributed by atoms with Gasteiger partial charge in [-0.3, -0.25) is 4.79 Å². The minimum Gasteiger partial charge on any atom is -0.290 e. The van der Waals surface area contributed by atoms with E-state index in [1.54, 1.807) is 6.08 Å². The topological polar surface area (TPSA) is 17.1 Å². The minimum absolute atomic E-state index is 0.0987. The van der Waals surface area contributed by atoms with Crippen molar-refractivity contribution >= 4 is 5.78 Å². The van der Waals surface area contributed by atoms with E-state index in [4.69, 9.17) is 0 Å². The van der Waals surface area contributed by atoms with Gasteiger partial charge in [0, 0.05) is 11.5 Å². The summed E-state index contributed by atoms with van der Waals surface area (Å²) in [6.07, 6.45) is 9.44. The fourth-order valence-corrected chi connectivity index (χ4v) is 1.91. The molecule has 0 aromatic carbocycles. The van der Waals surface area contributed by atoms with Crippen molar-refractivity contribution in [1.29, 1.82) is 0 Å². The van der Waals surface area contributed by atoms with E-state index in [1.807, 2.05) is 0 Å². The number of hydrogen-bond acceptors (Lipinski definition) is 1. The highest BCUT2D eigenvalue weighted by atomic mass is 16.1. The first kappa shape index (κ1) is 12.2. The highest BCUT2D eigenvalue weighted by Gasteiger charge is 2.24. The van der Waals surface area contributed by atoms with Crippen LogP contribution in [0.15, 0.2) is 23.8 Å². The molecule has 15 heavy (non-hydrogen) atoms. The van der Waals surface area contributed by atoms with E-state index in [9.17, 15) is 4.79 Å².